The van der Waals surface area contributed by atoms with Crippen molar-refractivity contribution in [2.45, 2.75) is 20.0 Å². The third-order valence-corrected chi connectivity index (χ3v) is 4.20. The molecule has 6 heteroatoms. The molecule has 0 saturated heterocycles. The van der Waals surface area contributed by atoms with E-state index in [9.17, 15) is 9.59 Å². The van der Waals surface area contributed by atoms with Crippen LogP contribution in [-0.2, 0) is 9.53 Å². The Kier molecular flexibility index (Phi) is 5.80. The molecule has 2 aromatic carbocycles. The molecule has 0 saturated carbocycles. The smallest absolute Gasteiger partial charge is 0.338 e. The third-order valence-electron chi connectivity index (χ3n) is 3.26. The Hall–Kier alpha value is -1.85. The zero-order valence-electron chi connectivity index (χ0n) is 12.6. The molecule has 0 aliphatic heterocycles. The summed E-state index contributed by atoms with van der Waals surface area (Å²) >= 11 is 9.30. The molecule has 0 aromatic heterocycles. The minimum atomic E-state index is -0.926. The van der Waals surface area contributed by atoms with E-state index < -0.39 is 18.0 Å². The quantitative estimate of drug-likeness (QED) is 0.769. The van der Waals surface area contributed by atoms with Crippen molar-refractivity contribution in [3.63, 3.8) is 0 Å². The standard InChI is InChI=1S/C17H15BrClNO3/c1-10-14(19)4-3-5-15(10)20-16(21)11(2)23-17(22)12-6-8-13(18)9-7-12/h3-9,11H,1-2H3,(H,20,21)/t11-/m1/s1. The number of carbonyl (C=O) groups is 2. The monoisotopic (exact) mass is 395 g/mol. The summed E-state index contributed by atoms with van der Waals surface area (Å²) in [6.45, 7) is 3.32. The van der Waals surface area contributed by atoms with Crippen LogP contribution in [0.4, 0.5) is 5.69 Å². The summed E-state index contributed by atoms with van der Waals surface area (Å²) in [4.78, 5) is 24.2. The number of benzene rings is 2. The van der Waals surface area contributed by atoms with E-state index in [-0.39, 0.29) is 0 Å². The molecule has 120 valence electrons. The van der Waals surface area contributed by atoms with Crippen molar-refractivity contribution in [1.29, 1.82) is 0 Å². The van der Waals surface area contributed by atoms with E-state index in [0.717, 1.165) is 10.0 Å². The molecule has 0 fully saturated rings. The van der Waals surface area contributed by atoms with Gasteiger partial charge in [0.15, 0.2) is 6.10 Å². The number of ether oxygens (including phenoxy) is 1. The fraction of sp³-hybridized carbons (Fsp3) is 0.176. The van der Waals surface area contributed by atoms with Crippen molar-refractivity contribution < 1.29 is 14.3 Å². The van der Waals surface area contributed by atoms with Crippen molar-refractivity contribution in [3.8, 4) is 0 Å². The third kappa shape index (κ3) is 4.56. The average molecular weight is 397 g/mol. The first kappa shape index (κ1) is 17.5. The summed E-state index contributed by atoms with van der Waals surface area (Å²) < 4.78 is 6.04. The summed E-state index contributed by atoms with van der Waals surface area (Å²) in [5.74, 6) is -0.969. The molecule has 0 spiro atoms. The maximum absolute atomic E-state index is 12.2. The van der Waals surface area contributed by atoms with Gasteiger partial charge >= 0.3 is 5.97 Å². The first-order valence-corrected chi connectivity index (χ1v) is 8.08. The molecule has 2 rings (SSSR count). The van der Waals surface area contributed by atoms with Crippen LogP contribution in [0, 0.1) is 6.92 Å². The van der Waals surface area contributed by atoms with E-state index >= 15 is 0 Å². The van der Waals surface area contributed by atoms with Crippen LogP contribution < -0.4 is 5.32 Å². The van der Waals surface area contributed by atoms with Crippen LogP contribution in [0.5, 0.6) is 0 Å². The van der Waals surface area contributed by atoms with Gasteiger partial charge in [0.1, 0.15) is 0 Å². The highest BCUT2D eigenvalue weighted by atomic mass is 79.9. The molecule has 4 nitrogen and oxygen atoms in total. The first-order valence-electron chi connectivity index (χ1n) is 6.91. The summed E-state index contributed by atoms with van der Waals surface area (Å²) in [5.41, 5.74) is 1.73. The van der Waals surface area contributed by atoms with E-state index in [2.05, 4.69) is 21.2 Å². The van der Waals surface area contributed by atoms with Gasteiger partial charge < -0.3 is 10.1 Å². The summed E-state index contributed by atoms with van der Waals surface area (Å²) in [6.07, 6.45) is -0.926. The van der Waals surface area contributed by atoms with Crippen LogP contribution >= 0.6 is 27.5 Å². The minimum Gasteiger partial charge on any atom is -0.449 e. The van der Waals surface area contributed by atoms with Gasteiger partial charge in [-0.1, -0.05) is 33.6 Å². The average Bonchev–Trinajstić information content (AvgIpc) is 2.52. The largest absolute Gasteiger partial charge is 0.449 e. The van der Waals surface area contributed by atoms with Crippen LogP contribution in [0.3, 0.4) is 0 Å². The lowest BCUT2D eigenvalue weighted by Gasteiger charge is -2.15. The van der Waals surface area contributed by atoms with Gasteiger partial charge in [-0.2, -0.15) is 0 Å². The zero-order chi connectivity index (χ0) is 17.0. The predicted octanol–water partition coefficient (Wildman–Crippen LogP) is 4.59. The van der Waals surface area contributed by atoms with Gasteiger partial charge in [0, 0.05) is 15.2 Å². The molecular formula is C17H15BrClNO3. The highest BCUT2D eigenvalue weighted by Gasteiger charge is 2.19. The Morgan fingerprint density at radius 1 is 1.17 bits per heavy atom. The summed E-state index contributed by atoms with van der Waals surface area (Å²) in [6, 6.07) is 11.9. The Morgan fingerprint density at radius 3 is 2.48 bits per heavy atom. The van der Waals surface area contributed by atoms with Crippen LogP contribution in [0.1, 0.15) is 22.8 Å². The lowest BCUT2D eigenvalue weighted by atomic mass is 10.2. The number of amides is 1. The number of rotatable bonds is 4. The van der Waals surface area contributed by atoms with E-state index in [1.165, 1.54) is 6.92 Å². The normalized spacial score (nSPS) is 11.7. The second kappa shape index (κ2) is 7.62. The number of hydrogen-bond donors (Lipinski definition) is 1. The number of esters is 1. The zero-order valence-corrected chi connectivity index (χ0v) is 14.9. The van der Waals surface area contributed by atoms with Crippen molar-refractivity contribution in [1.82, 2.24) is 0 Å². The van der Waals surface area contributed by atoms with Gasteiger partial charge in [-0.25, -0.2) is 4.79 Å². The van der Waals surface area contributed by atoms with Gasteiger partial charge in [0.25, 0.3) is 5.91 Å². The first-order chi connectivity index (χ1) is 10.9. The molecule has 0 heterocycles. The molecule has 0 radical (unpaired) electrons. The van der Waals surface area contributed by atoms with E-state index in [0.29, 0.717) is 16.3 Å². The molecule has 0 aliphatic rings. The lowest BCUT2D eigenvalue weighted by Crippen LogP contribution is -2.30. The Labute approximate surface area is 147 Å². The second-order valence-corrected chi connectivity index (χ2v) is 6.28. The Balaban J connectivity index is 2.01. The van der Waals surface area contributed by atoms with Crippen LogP contribution in [0.15, 0.2) is 46.9 Å². The second-order valence-electron chi connectivity index (χ2n) is 4.96. The van der Waals surface area contributed by atoms with Crippen molar-refractivity contribution in [2.75, 3.05) is 5.32 Å². The van der Waals surface area contributed by atoms with Gasteiger partial charge in [-0.3, -0.25) is 4.79 Å². The Morgan fingerprint density at radius 2 is 1.83 bits per heavy atom. The molecular weight excluding hydrogens is 382 g/mol. The van der Waals surface area contributed by atoms with Gasteiger partial charge in [-0.15, -0.1) is 0 Å². The molecule has 0 bridgehead atoms. The molecule has 0 unspecified atom stereocenters. The predicted molar refractivity (Wildman–Crippen MR) is 93.8 cm³/mol. The number of anilines is 1. The van der Waals surface area contributed by atoms with E-state index in [4.69, 9.17) is 16.3 Å². The molecule has 1 atom stereocenters. The topological polar surface area (TPSA) is 55.4 Å². The van der Waals surface area contributed by atoms with E-state index in [1.54, 1.807) is 49.4 Å². The number of nitrogens with one attached hydrogen (secondary N) is 1. The van der Waals surface area contributed by atoms with Crippen LogP contribution in [0.2, 0.25) is 5.02 Å². The molecule has 1 amide bonds. The van der Waals surface area contributed by atoms with Crippen molar-refractivity contribution >= 4 is 45.1 Å². The van der Waals surface area contributed by atoms with Gasteiger partial charge in [-0.05, 0) is 55.8 Å². The van der Waals surface area contributed by atoms with Crippen molar-refractivity contribution in [2.24, 2.45) is 0 Å². The number of carbonyl (C=O) groups excluding carboxylic acids is 2. The summed E-state index contributed by atoms with van der Waals surface area (Å²) in [5, 5.41) is 3.27. The molecule has 2 aromatic rings. The maximum atomic E-state index is 12.2. The van der Waals surface area contributed by atoms with E-state index in [1.807, 2.05) is 0 Å². The molecule has 0 aliphatic carbocycles. The van der Waals surface area contributed by atoms with Crippen LogP contribution in [0.25, 0.3) is 0 Å². The molecule has 1 N–H and O–H groups in total. The van der Waals surface area contributed by atoms with Gasteiger partial charge in [0.05, 0.1) is 5.56 Å². The number of hydrogen-bond acceptors (Lipinski definition) is 3. The van der Waals surface area contributed by atoms with Gasteiger partial charge in [0.2, 0.25) is 0 Å². The molecule has 23 heavy (non-hydrogen) atoms. The highest BCUT2D eigenvalue weighted by molar-refractivity contribution is 9.10. The highest BCUT2D eigenvalue weighted by Crippen LogP contribution is 2.23. The maximum Gasteiger partial charge on any atom is 0.338 e. The fourth-order valence-electron chi connectivity index (χ4n) is 1.85. The number of halogens is 2. The lowest BCUT2D eigenvalue weighted by molar-refractivity contribution is -0.123. The van der Waals surface area contributed by atoms with Crippen molar-refractivity contribution in [3.05, 3.63) is 63.1 Å². The van der Waals surface area contributed by atoms with Crippen LogP contribution in [-0.4, -0.2) is 18.0 Å². The fourth-order valence-corrected chi connectivity index (χ4v) is 2.28. The minimum absolute atomic E-state index is 0.381. The Bertz CT molecular complexity index is 731. The SMILES string of the molecule is Cc1c(Cl)cccc1NC(=O)[C@@H](C)OC(=O)c1ccc(Br)cc1. The summed E-state index contributed by atoms with van der Waals surface area (Å²) in [7, 11) is 0.